The molecule has 27 heavy (non-hydrogen) atoms. The van der Waals surface area contributed by atoms with Crippen LogP contribution in [0.2, 0.25) is 0 Å². The Bertz CT molecular complexity index is 637. The third-order valence-electron chi connectivity index (χ3n) is 3.50. The zero-order valence-electron chi connectivity index (χ0n) is 15.4. The van der Waals surface area contributed by atoms with Gasteiger partial charge in [0.15, 0.2) is 23.2 Å². The van der Waals surface area contributed by atoms with Crippen LogP contribution in [0.25, 0.3) is 0 Å². The van der Waals surface area contributed by atoms with Crippen LogP contribution in [0.1, 0.15) is 5.69 Å². The highest BCUT2D eigenvalue weighted by molar-refractivity contribution is 5.98. The zero-order valence-corrected chi connectivity index (χ0v) is 15.4. The molecule has 10 heteroatoms. The Kier molecular flexibility index (Phi) is 8.75. The van der Waals surface area contributed by atoms with Crippen LogP contribution in [0, 0.1) is 0 Å². The van der Waals surface area contributed by atoms with E-state index in [9.17, 15) is 9.90 Å². The fourth-order valence-electron chi connectivity index (χ4n) is 2.14. The highest BCUT2D eigenvalue weighted by Crippen LogP contribution is 2.30. The van der Waals surface area contributed by atoms with Gasteiger partial charge in [0.1, 0.15) is 13.2 Å². The summed E-state index contributed by atoms with van der Waals surface area (Å²) in [6, 6.07) is 0.746. The average molecular weight is 384 g/mol. The van der Waals surface area contributed by atoms with Crippen LogP contribution in [0.15, 0.2) is 17.3 Å². The predicted molar refractivity (Wildman–Crippen MR) is 93.2 cm³/mol. The number of hydrogen-bond donors (Lipinski definition) is 1. The summed E-state index contributed by atoms with van der Waals surface area (Å²) in [5.74, 6) is -0.449. The van der Waals surface area contributed by atoms with Gasteiger partial charge in [0, 0.05) is 19.4 Å². The molecule has 0 bridgehead atoms. The van der Waals surface area contributed by atoms with Crippen molar-refractivity contribution in [1.29, 1.82) is 0 Å². The first-order valence-corrected chi connectivity index (χ1v) is 8.41. The molecule has 1 aromatic rings. The number of carbonyl (C=O) groups excluding carboxylic acids is 1. The van der Waals surface area contributed by atoms with Gasteiger partial charge in [-0.3, -0.25) is 0 Å². The topological polar surface area (TPSA) is 118 Å². The molecule has 1 aliphatic rings. The van der Waals surface area contributed by atoms with Crippen LogP contribution < -0.4 is 4.74 Å². The lowest BCUT2D eigenvalue weighted by atomic mass is 10.3. The number of ether oxygens (including phenoxy) is 6. The third kappa shape index (κ3) is 6.35. The number of aromatic nitrogens is 1. The van der Waals surface area contributed by atoms with Crippen molar-refractivity contribution >= 4 is 11.9 Å². The maximum Gasteiger partial charge on any atom is 0.334 e. The second-order valence-electron chi connectivity index (χ2n) is 5.36. The van der Waals surface area contributed by atoms with Crippen molar-refractivity contribution in [3.8, 4) is 11.5 Å². The molecule has 0 aromatic carbocycles. The van der Waals surface area contributed by atoms with Crippen LogP contribution in [0.5, 0.6) is 11.5 Å². The molecule has 0 fully saturated rings. The molecule has 10 nitrogen and oxygen atoms in total. The summed E-state index contributed by atoms with van der Waals surface area (Å²) in [5, 5.41) is 10.3. The van der Waals surface area contributed by atoms with Crippen LogP contribution in [0.3, 0.4) is 0 Å². The van der Waals surface area contributed by atoms with Crippen LogP contribution in [-0.2, 0) is 28.5 Å². The van der Waals surface area contributed by atoms with Gasteiger partial charge in [-0.05, 0) is 0 Å². The Hall–Kier alpha value is -2.43. The van der Waals surface area contributed by atoms with Gasteiger partial charge in [0.05, 0.1) is 40.1 Å². The van der Waals surface area contributed by atoms with Gasteiger partial charge < -0.3 is 33.5 Å². The maximum absolute atomic E-state index is 11.5. The largest absolute Gasteiger partial charge is 0.503 e. The van der Waals surface area contributed by atoms with Crippen molar-refractivity contribution in [2.24, 2.45) is 4.99 Å². The lowest BCUT2D eigenvalue weighted by Gasteiger charge is -2.11. The summed E-state index contributed by atoms with van der Waals surface area (Å²) < 4.78 is 31.0. The minimum Gasteiger partial charge on any atom is -0.503 e. The molecule has 0 spiro atoms. The van der Waals surface area contributed by atoms with E-state index in [0.717, 1.165) is 0 Å². The zero-order chi connectivity index (χ0) is 19.5. The molecule has 0 saturated heterocycles. The molecule has 0 aliphatic carbocycles. The SMILES string of the molecule is COCCOCCOCCOc1ccnc(C2=N[C@@H](C(=O)OC)CO2)c1O. The molecule has 0 amide bonds. The lowest BCUT2D eigenvalue weighted by molar-refractivity contribution is -0.142. The summed E-state index contributed by atoms with van der Waals surface area (Å²) in [7, 11) is 2.88. The number of esters is 1. The van der Waals surface area contributed by atoms with Crippen LogP contribution >= 0.6 is 0 Å². The number of hydrogen-bond acceptors (Lipinski definition) is 10. The fourth-order valence-corrected chi connectivity index (χ4v) is 2.14. The summed E-state index contributed by atoms with van der Waals surface area (Å²) in [5.41, 5.74) is 0.103. The minimum absolute atomic E-state index is 0.0362. The standard InChI is InChI=1S/C17H24N2O8/c1-22-5-6-24-7-8-25-9-10-26-13-3-4-18-14(15(13)20)16-19-12(11-27-16)17(21)23-2/h3-4,12,20H,5-11H2,1-2H3/t12-/m1/s1. The van der Waals surface area contributed by atoms with Crippen molar-refractivity contribution in [2.75, 3.05) is 60.5 Å². The normalized spacial score (nSPS) is 15.9. The number of aromatic hydroxyl groups is 1. The molecule has 1 N–H and O–H groups in total. The molecule has 1 atom stereocenters. The smallest absolute Gasteiger partial charge is 0.334 e. The van der Waals surface area contributed by atoms with Crippen molar-refractivity contribution in [2.45, 2.75) is 6.04 Å². The van der Waals surface area contributed by atoms with Crippen molar-refractivity contribution in [3.05, 3.63) is 18.0 Å². The molecular weight excluding hydrogens is 360 g/mol. The molecule has 0 unspecified atom stereocenters. The fraction of sp³-hybridized carbons (Fsp3) is 0.588. The number of nitrogens with zero attached hydrogens (tertiary/aromatic N) is 2. The van der Waals surface area contributed by atoms with E-state index in [0.29, 0.717) is 33.0 Å². The Morgan fingerprint density at radius 1 is 1.19 bits per heavy atom. The number of aliphatic imine (C=N–C) groups is 1. The molecule has 150 valence electrons. The molecular formula is C17H24N2O8. The second-order valence-corrected chi connectivity index (χ2v) is 5.36. The van der Waals surface area contributed by atoms with E-state index < -0.39 is 12.0 Å². The monoisotopic (exact) mass is 384 g/mol. The molecule has 0 radical (unpaired) electrons. The number of rotatable bonds is 12. The van der Waals surface area contributed by atoms with E-state index >= 15 is 0 Å². The summed E-state index contributed by atoms with van der Waals surface area (Å²) in [6.07, 6.45) is 1.45. The van der Waals surface area contributed by atoms with Gasteiger partial charge >= 0.3 is 5.97 Å². The molecule has 0 saturated carbocycles. The average Bonchev–Trinajstić information content (AvgIpc) is 3.17. The first-order chi connectivity index (χ1) is 13.2. The molecule has 1 aliphatic heterocycles. The summed E-state index contributed by atoms with van der Waals surface area (Å²) in [4.78, 5) is 19.6. The maximum atomic E-state index is 11.5. The van der Waals surface area contributed by atoms with E-state index in [1.807, 2.05) is 0 Å². The van der Waals surface area contributed by atoms with Gasteiger partial charge in [-0.25, -0.2) is 14.8 Å². The highest BCUT2D eigenvalue weighted by Gasteiger charge is 2.30. The first-order valence-electron chi connectivity index (χ1n) is 8.41. The van der Waals surface area contributed by atoms with Crippen molar-refractivity contribution in [1.82, 2.24) is 4.98 Å². The van der Waals surface area contributed by atoms with Gasteiger partial charge in [-0.2, -0.15) is 0 Å². The number of methoxy groups -OCH3 is 2. The van der Waals surface area contributed by atoms with Gasteiger partial charge in [-0.1, -0.05) is 0 Å². The van der Waals surface area contributed by atoms with Crippen molar-refractivity contribution in [3.63, 3.8) is 0 Å². The third-order valence-corrected chi connectivity index (χ3v) is 3.50. The Morgan fingerprint density at radius 3 is 2.59 bits per heavy atom. The number of pyridine rings is 1. The minimum atomic E-state index is -0.768. The quantitative estimate of drug-likeness (QED) is 0.397. The summed E-state index contributed by atoms with van der Waals surface area (Å²) in [6.45, 7) is 2.55. The van der Waals surface area contributed by atoms with Gasteiger partial charge in [-0.15, -0.1) is 0 Å². The van der Waals surface area contributed by atoms with Crippen molar-refractivity contribution < 1.29 is 38.3 Å². The van der Waals surface area contributed by atoms with Gasteiger partial charge in [0.25, 0.3) is 0 Å². The van der Waals surface area contributed by atoms with E-state index in [-0.39, 0.29) is 36.3 Å². The predicted octanol–water partition coefficient (Wildman–Crippen LogP) is 0.164. The lowest BCUT2D eigenvalue weighted by Crippen LogP contribution is -2.21. The van der Waals surface area contributed by atoms with Gasteiger partial charge in [0.2, 0.25) is 5.90 Å². The molecule has 1 aromatic heterocycles. The Morgan fingerprint density at radius 2 is 1.89 bits per heavy atom. The number of carbonyl (C=O) groups is 1. The first kappa shape index (κ1) is 20.9. The van der Waals surface area contributed by atoms with E-state index in [1.54, 1.807) is 7.11 Å². The molecule has 2 rings (SSSR count). The highest BCUT2D eigenvalue weighted by atomic mass is 16.6. The molecule has 2 heterocycles. The second kappa shape index (κ2) is 11.3. The summed E-state index contributed by atoms with van der Waals surface area (Å²) >= 11 is 0. The van der Waals surface area contributed by atoms with E-state index in [1.165, 1.54) is 19.4 Å². The Labute approximate surface area is 157 Å². The van der Waals surface area contributed by atoms with E-state index in [4.69, 9.17) is 23.7 Å². The Balaban J connectivity index is 1.79. The van der Waals surface area contributed by atoms with Crippen LogP contribution in [0.4, 0.5) is 0 Å². The van der Waals surface area contributed by atoms with Crippen LogP contribution in [-0.4, -0.2) is 88.5 Å². The van der Waals surface area contributed by atoms with E-state index in [2.05, 4.69) is 14.7 Å².